The van der Waals surface area contributed by atoms with Gasteiger partial charge in [0.2, 0.25) is 0 Å². The number of nitrogens with one attached hydrogen (secondary N) is 1. The summed E-state index contributed by atoms with van der Waals surface area (Å²) in [4.78, 5) is 25.2. The molecule has 0 saturated carbocycles. The van der Waals surface area contributed by atoms with E-state index in [-0.39, 0.29) is 5.91 Å². The first-order valence-electron chi connectivity index (χ1n) is 7.85. The fourth-order valence-electron chi connectivity index (χ4n) is 2.94. The zero-order valence-corrected chi connectivity index (χ0v) is 13.0. The van der Waals surface area contributed by atoms with Crippen molar-refractivity contribution in [3.8, 4) is 0 Å². The lowest BCUT2D eigenvalue weighted by molar-refractivity contribution is 0.102. The number of nitrogens with zero attached hydrogens (tertiary/aromatic N) is 3. The van der Waals surface area contributed by atoms with E-state index in [2.05, 4.69) is 20.3 Å². The second-order valence-corrected chi connectivity index (χ2v) is 5.74. The number of carbonyl (C=O) groups excluding carboxylic acids is 1. The van der Waals surface area contributed by atoms with Gasteiger partial charge in [-0.3, -0.25) is 14.8 Å². The van der Waals surface area contributed by atoms with Crippen LogP contribution in [0.15, 0.2) is 49.1 Å². The molecule has 1 atom stereocenters. The van der Waals surface area contributed by atoms with Gasteiger partial charge in [0, 0.05) is 42.7 Å². The number of hydrogen-bond acceptors (Lipinski definition) is 5. The quantitative estimate of drug-likeness (QED) is 0.803. The Bertz CT molecular complexity index is 886. The highest BCUT2D eigenvalue weighted by Gasteiger charge is 2.19. The summed E-state index contributed by atoms with van der Waals surface area (Å²) in [6.07, 6.45) is 7.65. The monoisotopic (exact) mass is 320 g/mol. The number of carbonyl (C=O) groups is 1. The molecule has 1 aliphatic rings. The SMILES string of the molecule is O=C(Nc1cc(C2CCOC2)ccn1)c1ccnc2ccncc12. The van der Waals surface area contributed by atoms with Crippen molar-refractivity contribution in [1.82, 2.24) is 15.0 Å². The van der Waals surface area contributed by atoms with Gasteiger partial charge in [-0.15, -0.1) is 0 Å². The Morgan fingerprint density at radius 1 is 1.17 bits per heavy atom. The Morgan fingerprint density at radius 2 is 2.08 bits per heavy atom. The van der Waals surface area contributed by atoms with Crippen LogP contribution in [0.5, 0.6) is 0 Å². The first-order valence-corrected chi connectivity index (χ1v) is 7.85. The van der Waals surface area contributed by atoms with Crippen molar-refractivity contribution < 1.29 is 9.53 Å². The van der Waals surface area contributed by atoms with E-state index in [0.29, 0.717) is 17.3 Å². The molecule has 3 aromatic rings. The van der Waals surface area contributed by atoms with Crippen molar-refractivity contribution in [3.05, 3.63) is 60.2 Å². The molecule has 0 aliphatic carbocycles. The third kappa shape index (κ3) is 2.83. The van der Waals surface area contributed by atoms with E-state index in [1.165, 1.54) is 0 Å². The van der Waals surface area contributed by atoms with Crippen LogP contribution in [0.25, 0.3) is 10.9 Å². The lowest BCUT2D eigenvalue weighted by atomic mass is 10.00. The third-order valence-electron chi connectivity index (χ3n) is 4.21. The van der Waals surface area contributed by atoms with Gasteiger partial charge in [0.1, 0.15) is 5.82 Å². The van der Waals surface area contributed by atoms with Crippen LogP contribution in [-0.4, -0.2) is 34.1 Å². The van der Waals surface area contributed by atoms with Crippen molar-refractivity contribution in [1.29, 1.82) is 0 Å². The minimum absolute atomic E-state index is 0.220. The molecule has 4 heterocycles. The van der Waals surface area contributed by atoms with E-state index < -0.39 is 0 Å². The Kier molecular flexibility index (Phi) is 3.88. The van der Waals surface area contributed by atoms with Crippen molar-refractivity contribution in [2.75, 3.05) is 18.5 Å². The second-order valence-electron chi connectivity index (χ2n) is 5.74. The molecule has 1 amide bonds. The highest BCUT2D eigenvalue weighted by molar-refractivity contribution is 6.11. The molecule has 1 N–H and O–H groups in total. The van der Waals surface area contributed by atoms with Gasteiger partial charge in [0.05, 0.1) is 17.7 Å². The summed E-state index contributed by atoms with van der Waals surface area (Å²) < 4.78 is 5.43. The minimum atomic E-state index is -0.220. The average molecular weight is 320 g/mol. The summed E-state index contributed by atoms with van der Waals surface area (Å²) in [5.41, 5.74) is 2.41. The highest BCUT2D eigenvalue weighted by atomic mass is 16.5. The summed E-state index contributed by atoms with van der Waals surface area (Å²) in [5.74, 6) is 0.690. The Morgan fingerprint density at radius 3 is 2.96 bits per heavy atom. The molecule has 6 nitrogen and oxygen atoms in total. The Balaban J connectivity index is 1.60. The van der Waals surface area contributed by atoms with Gasteiger partial charge in [-0.05, 0) is 36.2 Å². The molecule has 0 bridgehead atoms. The van der Waals surface area contributed by atoms with Gasteiger partial charge in [-0.25, -0.2) is 4.98 Å². The smallest absolute Gasteiger partial charge is 0.257 e. The standard InChI is InChI=1S/C18H16N4O2/c23-18(14-2-7-20-16-3-5-19-10-15(14)16)22-17-9-12(1-6-21-17)13-4-8-24-11-13/h1-3,5-7,9-10,13H,4,8,11H2,(H,21,22,23). The molecular formula is C18H16N4O2. The maximum atomic E-state index is 12.6. The molecule has 1 saturated heterocycles. The summed E-state index contributed by atoms with van der Waals surface area (Å²) in [7, 11) is 0. The molecular weight excluding hydrogens is 304 g/mol. The number of anilines is 1. The minimum Gasteiger partial charge on any atom is -0.381 e. The van der Waals surface area contributed by atoms with Crippen LogP contribution in [0.1, 0.15) is 28.3 Å². The molecule has 0 spiro atoms. The van der Waals surface area contributed by atoms with Crippen LogP contribution in [-0.2, 0) is 4.74 Å². The van der Waals surface area contributed by atoms with Gasteiger partial charge >= 0.3 is 0 Å². The Hall–Kier alpha value is -2.86. The van der Waals surface area contributed by atoms with Crippen LogP contribution in [0.2, 0.25) is 0 Å². The zero-order chi connectivity index (χ0) is 16.4. The van der Waals surface area contributed by atoms with Crippen molar-refractivity contribution in [2.24, 2.45) is 0 Å². The maximum absolute atomic E-state index is 12.6. The number of pyridine rings is 3. The first kappa shape index (κ1) is 14.7. The topological polar surface area (TPSA) is 77.0 Å². The van der Waals surface area contributed by atoms with E-state index in [1.54, 1.807) is 36.9 Å². The number of ether oxygens (including phenoxy) is 1. The zero-order valence-electron chi connectivity index (χ0n) is 13.0. The average Bonchev–Trinajstić information content (AvgIpc) is 3.16. The number of fused-ring (bicyclic) bond motifs is 1. The maximum Gasteiger partial charge on any atom is 0.257 e. The molecule has 0 aromatic carbocycles. The molecule has 120 valence electrons. The number of rotatable bonds is 3. The number of amides is 1. The van der Waals surface area contributed by atoms with Gasteiger partial charge in [0.15, 0.2) is 0 Å². The molecule has 24 heavy (non-hydrogen) atoms. The summed E-state index contributed by atoms with van der Waals surface area (Å²) in [5, 5.41) is 3.59. The number of hydrogen-bond donors (Lipinski definition) is 1. The largest absolute Gasteiger partial charge is 0.381 e. The van der Waals surface area contributed by atoms with E-state index >= 15 is 0 Å². The predicted molar refractivity (Wildman–Crippen MR) is 89.9 cm³/mol. The molecule has 1 unspecified atom stereocenters. The molecule has 3 aromatic heterocycles. The second kappa shape index (κ2) is 6.33. The third-order valence-corrected chi connectivity index (χ3v) is 4.21. The van der Waals surface area contributed by atoms with Crippen LogP contribution in [0.4, 0.5) is 5.82 Å². The van der Waals surface area contributed by atoms with E-state index in [4.69, 9.17) is 4.74 Å². The summed E-state index contributed by atoms with van der Waals surface area (Å²) >= 11 is 0. The number of aromatic nitrogens is 3. The predicted octanol–water partition coefficient (Wildman–Crippen LogP) is 2.78. The molecule has 6 heteroatoms. The van der Waals surface area contributed by atoms with Crippen molar-refractivity contribution >= 4 is 22.6 Å². The van der Waals surface area contributed by atoms with E-state index in [1.807, 2.05) is 12.1 Å². The van der Waals surface area contributed by atoms with E-state index in [0.717, 1.165) is 36.1 Å². The fraction of sp³-hybridized carbons (Fsp3) is 0.222. The van der Waals surface area contributed by atoms with E-state index in [9.17, 15) is 4.79 Å². The Labute approximate surface area is 138 Å². The van der Waals surface area contributed by atoms with Gasteiger partial charge < -0.3 is 10.1 Å². The summed E-state index contributed by atoms with van der Waals surface area (Å²) in [6, 6.07) is 7.36. The molecule has 1 aliphatic heterocycles. The fourth-order valence-corrected chi connectivity index (χ4v) is 2.94. The highest BCUT2D eigenvalue weighted by Crippen LogP contribution is 2.26. The van der Waals surface area contributed by atoms with Crippen molar-refractivity contribution in [3.63, 3.8) is 0 Å². The lowest BCUT2D eigenvalue weighted by Gasteiger charge is -2.11. The van der Waals surface area contributed by atoms with Gasteiger partial charge in [-0.1, -0.05) is 0 Å². The summed E-state index contributed by atoms with van der Waals surface area (Å²) in [6.45, 7) is 1.50. The lowest BCUT2D eigenvalue weighted by Crippen LogP contribution is -2.14. The van der Waals surface area contributed by atoms with Crippen LogP contribution in [0.3, 0.4) is 0 Å². The molecule has 0 radical (unpaired) electrons. The normalized spacial score (nSPS) is 17.1. The van der Waals surface area contributed by atoms with Crippen LogP contribution < -0.4 is 5.32 Å². The van der Waals surface area contributed by atoms with Crippen LogP contribution >= 0.6 is 0 Å². The van der Waals surface area contributed by atoms with Gasteiger partial charge in [-0.2, -0.15) is 0 Å². The van der Waals surface area contributed by atoms with Crippen molar-refractivity contribution in [2.45, 2.75) is 12.3 Å². The van der Waals surface area contributed by atoms with Crippen LogP contribution in [0, 0.1) is 0 Å². The van der Waals surface area contributed by atoms with Gasteiger partial charge in [0.25, 0.3) is 5.91 Å². The molecule has 1 fully saturated rings. The molecule has 4 rings (SSSR count). The first-order chi connectivity index (χ1) is 11.8.